The lowest BCUT2D eigenvalue weighted by atomic mass is 10.2. The fraction of sp³-hybridized carbons (Fsp3) is 0.231. The van der Waals surface area contributed by atoms with Crippen molar-refractivity contribution in [1.29, 1.82) is 0 Å². The Morgan fingerprint density at radius 1 is 1.00 bits per heavy atom. The topological polar surface area (TPSA) is 60.4 Å². The fourth-order valence-corrected chi connectivity index (χ4v) is 3.41. The minimum atomic E-state index is -0.423. The summed E-state index contributed by atoms with van der Waals surface area (Å²) in [4.78, 5) is 19.3. The van der Waals surface area contributed by atoms with E-state index >= 15 is 0 Å². The zero-order valence-electron chi connectivity index (χ0n) is 18.1. The number of hydrogen-bond acceptors (Lipinski definition) is 6. The minimum Gasteiger partial charge on any atom is -0.490 e. The molecule has 3 aromatic carbocycles. The Labute approximate surface area is 188 Å². The molecule has 0 bridgehead atoms. The smallest absolute Gasteiger partial charge is 0.343 e. The molecule has 1 aliphatic heterocycles. The molecule has 6 nitrogen and oxygen atoms in total. The highest BCUT2D eigenvalue weighted by molar-refractivity contribution is 5.91. The van der Waals surface area contributed by atoms with Gasteiger partial charge in [-0.3, -0.25) is 4.99 Å². The number of anilines is 1. The highest BCUT2D eigenvalue weighted by atomic mass is 16.6. The molecule has 0 amide bonds. The van der Waals surface area contributed by atoms with E-state index in [4.69, 9.17) is 14.2 Å². The summed E-state index contributed by atoms with van der Waals surface area (Å²) in [6.45, 7) is 5.69. The van der Waals surface area contributed by atoms with E-state index in [0.29, 0.717) is 23.7 Å². The Hall–Kier alpha value is -3.64. The van der Waals surface area contributed by atoms with Gasteiger partial charge in [0.25, 0.3) is 0 Å². The maximum absolute atomic E-state index is 12.4. The van der Waals surface area contributed by atoms with Crippen molar-refractivity contribution in [3.8, 4) is 11.5 Å². The van der Waals surface area contributed by atoms with Gasteiger partial charge in [-0.2, -0.15) is 0 Å². The average Bonchev–Trinajstić information content (AvgIpc) is 2.85. The number of rotatable bonds is 7. The first-order valence-electron chi connectivity index (χ1n) is 10.7. The van der Waals surface area contributed by atoms with Crippen molar-refractivity contribution in [2.75, 3.05) is 37.8 Å². The van der Waals surface area contributed by atoms with Gasteiger partial charge in [0.1, 0.15) is 0 Å². The molecule has 1 aliphatic rings. The van der Waals surface area contributed by atoms with Crippen LogP contribution in [0.3, 0.4) is 0 Å². The number of carbonyl (C=O) groups is 1. The second kappa shape index (κ2) is 10.6. The predicted molar refractivity (Wildman–Crippen MR) is 126 cm³/mol. The number of aliphatic imine (C=N–C) groups is 1. The van der Waals surface area contributed by atoms with Crippen molar-refractivity contribution in [2.24, 2.45) is 4.99 Å². The maximum Gasteiger partial charge on any atom is 0.343 e. The Kier molecular flexibility index (Phi) is 7.15. The molecule has 6 heteroatoms. The zero-order valence-corrected chi connectivity index (χ0v) is 18.1. The Bertz CT molecular complexity index is 1060. The third kappa shape index (κ3) is 5.53. The van der Waals surface area contributed by atoms with Gasteiger partial charge in [-0.05, 0) is 67.1 Å². The number of morpholine rings is 1. The summed E-state index contributed by atoms with van der Waals surface area (Å²) in [5.41, 5.74) is 3.38. The Balaban J connectivity index is 1.46. The van der Waals surface area contributed by atoms with Crippen LogP contribution in [0.25, 0.3) is 0 Å². The first-order chi connectivity index (χ1) is 15.7. The molecule has 1 fully saturated rings. The molecule has 1 saturated heterocycles. The van der Waals surface area contributed by atoms with Crippen LogP contribution in [0.4, 0.5) is 11.4 Å². The van der Waals surface area contributed by atoms with Crippen LogP contribution in [0.15, 0.2) is 77.8 Å². The first kappa shape index (κ1) is 21.6. The van der Waals surface area contributed by atoms with E-state index in [1.54, 1.807) is 36.5 Å². The van der Waals surface area contributed by atoms with Crippen LogP contribution in [0.2, 0.25) is 0 Å². The van der Waals surface area contributed by atoms with E-state index in [-0.39, 0.29) is 0 Å². The monoisotopic (exact) mass is 430 g/mol. The van der Waals surface area contributed by atoms with Gasteiger partial charge in [-0.25, -0.2) is 4.79 Å². The van der Waals surface area contributed by atoms with Crippen LogP contribution in [-0.2, 0) is 4.74 Å². The molecule has 0 radical (unpaired) electrons. The molecule has 0 saturated carbocycles. The zero-order chi connectivity index (χ0) is 22.2. The van der Waals surface area contributed by atoms with Gasteiger partial charge >= 0.3 is 5.97 Å². The molecule has 0 aromatic heterocycles. The fourth-order valence-electron chi connectivity index (χ4n) is 3.41. The molecule has 0 aliphatic carbocycles. The highest BCUT2D eigenvalue weighted by Crippen LogP contribution is 2.29. The van der Waals surface area contributed by atoms with Crippen LogP contribution < -0.4 is 14.4 Å². The van der Waals surface area contributed by atoms with Crippen LogP contribution in [-0.4, -0.2) is 45.1 Å². The Morgan fingerprint density at radius 3 is 2.47 bits per heavy atom. The third-order valence-corrected chi connectivity index (χ3v) is 5.07. The summed E-state index contributed by atoms with van der Waals surface area (Å²) < 4.78 is 16.7. The summed E-state index contributed by atoms with van der Waals surface area (Å²) in [5, 5.41) is 0. The molecule has 164 valence electrons. The van der Waals surface area contributed by atoms with Gasteiger partial charge in [-0.15, -0.1) is 0 Å². The van der Waals surface area contributed by atoms with Crippen molar-refractivity contribution in [3.05, 3.63) is 83.9 Å². The molecular weight excluding hydrogens is 404 g/mol. The van der Waals surface area contributed by atoms with Crippen LogP contribution in [0.1, 0.15) is 22.8 Å². The van der Waals surface area contributed by atoms with Crippen molar-refractivity contribution < 1.29 is 19.0 Å². The van der Waals surface area contributed by atoms with Crippen LogP contribution in [0.5, 0.6) is 11.5 Å². The molecule has 32 heavy (non-hydrogen) atoms. The molecule has 0 atom stereocenters. The summed E-state index contributed by atoms with van der Waals surface area (Å²) in [6, 6.07) is 22.4. The average molecular weight is 431 g/mol. The maximum atomic E-state index is 12.4. The lowest BCUT2D eigenvalue weighted by Crippen LogP contribution is -2.36. The van der Waals surface area contributed by atoms with Gasteiger partial charge in [-0.1, -0.05) is 18.2 Å². The molecule has 1 heterocycles. The van der Waals surface area contributed by atoms with E-state index in [1.807, 2.05) is 37.3 Å². The molecule has 0 N–H and O–H groups in total. The number of esters is 1. The van der Waals surface area contributed by atoms with E-state index in [1.165, 1.54) is 5.69 Å². The quantitative estimate of drug-likeness (QED) is 0.303. The van der Waals surface area contributed by atoms with Crippen molar-refractivity contribution in [1.82, 2.24) is 0 Å². The predicted octanol–water partition coefficient (Wildman–Crippen LogP) is 4.89. The van der Waals surface area contributed by atoms with E-state index in [2.05, 4.69) is 22.0 Å². The molecular formula is C26H26N2O4. The minimum absolute atomic E-state index is 0.382. The van der Waals surface area contributed by atoms with Crippen molar-refractivity contribution >= 4 is 23.6 Å². The summed E-state index contributed by atoms with van der Waals surface area (Å²) >= 11 is 0. The van der Waals surface area contributed by atoms with E-state index in [9.17, 15) is 4.79 Å². The number of ether oxygens (including phenoxy) is 3. The van der Waals surface area contributed by atoms with Crippen molar-refractivity contribution in [3.63, 3.8) is 0 Å². The van der Waals surface area contributed by atoms with Gasteiger partial charge in [0.15, 0.2) is 11.5 Å². The largest absolute Gasteiger partial charge is 0.490 e. The highest BCUT2D eigenvalue weighted by Gasteiger charge is 2.13. The number of benzene rings is 3. The van der Waals surface area contributed by atoms with Crippen molar-refractivity contribution in [2.45, 2.75) is 6.92 Å². The molecule has 0 spiro atoms. The normalized spacial score (nSPS) is 13.8. The van der Waals surface area contributed by atoms with Gasteiger partial charge in [0.2, 0.25) is 0 Å². The molecule has 3 aromatic rings. The molecule has 0 unspecified atom stereocenters. The second-order valence-electron chi connectivity index (χ2n) is 7.27. The van der Waals surface area contributed by atoms with Gasteiger partial charge in [0.05, 0.1) is 31.1 Å². The number of nitrogens with zero attached hydrogens (tertiary/aromatic N) is 2. The summed E-state index contributed by atoms with van der Waals surface area (Å²) in [5.74, 6) is 0.462. The van der Waals surface area contributed by atoms with E-state index < -0.39 is 5.97 Å². The SMILES string of the molecule is CCOc1cc(C=Nc2ccc(N3CCOCC3)cc2)ccc1OC(=O)c1ccccc1. The lowest BCUT2D eigenvalue weighted by Gasteiger charge is -2.28. The summed E-state index contributed by atoms with van der Waals surface area (Å²) in [6.07, 6.45) is 1.77. The van der Waals surface area contributed by atoms with E-state index in [0.717, 1.165) is 37.6 Å². The molecule has 4 rings (SSSR count). The number of carbonyl (C=O) groups excluding carboxylic acids is 1. The van der Waals surface area contributed by atoms with Gasteiger partial charge < -0.3 is 19.1 Å². The van der Waals surface area contributed by atoms with Crippen LogP contribution >= 0.6 is 0 Å². The number of hydrogen-bond donors (Lipinski definition) is 0. The standard InChI is InChI=1S/C26H26N2O4/c1-2-31-25-18-20(8-13-24(25)32-26(29)21-6-4-3-5-7-21)19-27-22-9-11-23(12-10-22)28-14-16-30-17-15-28/h3-13,18-19H,2,14-17H2,1H3. The third-order valence-electron chi connectivity index (χ3n) is 5.07. The first-order valence-corrected chi connectivity index (χ1v) is 10.7. The lowest BCUT2D eigenvalue weighted by molar-refractivity contribution is 0.0728. The summed E-state index contributed by atoms with van der Waals surface area (Å²) in [7, 11) is 0. The van der Waals surface area contributed by atoms with Gasteiger partial charge in [0, 0.05) is 25.0 Å². The second-order valence-corrected chi connectivity index (χ2v) is 7.27. The van der Waals surface area contributed by atoms with Crippen LogP contribution in [0, 0.1) is 0 Å². The Morgan fingerprint density at radius 2 is 1.75 bits per heavy atom.